The largest absolute Gasteiger partial charge is 0.348 e. The Labute approximate surface area is 243 Å². The number of H-pyrrole nitrogens is 1. The van der Waals surface area contributed by atoms with Crippen LogP contribution in [0.2, 0.25) is 0 Å². The molecule has 0 spiro atoms. The second-order valence-electron chi connectivity index (χ2n) is 12.0. The van der Waals surface area contributed by atoms with Gasteiger partial charge in [-0.2, -0.15) is 0 Å². The summed E-state index contributed by atoms with van der Waals surface area (Å²) in [4.78, 5) is 31.1. The number of likely N-dealkylation sites (tertiary alicyclic amines) is 1. The normalized spacial score (nSPS) is 19.0. The number of aromatic nitrogens is 2. The topological polar surface area (TPSA) is 108 Å². The zero-order valence-electron chi connectivity index (χ0n) is 24.9. The van der Waals surface area contributed by atoms with E-state index in [0.29, 0.717) is 37.1 Å². The first-order chi connectivity index (χ1) is 19.5. The van der Waals surface area contributed by atoms with Crippen LogP contribution in [0.25, 0.3) is 10.9 Å². The lowest BCUT2D eigenvalue weighted by Crippen LogP contribution is -2.47. The van der Waals surface area contributed by atoms with E-state index >= 15 is 0 Å². The second-order valence-corrected chi connectivity index (χ2v) is 14.2. The minimum Gasteiger partial charge on any atom is -0.348 e. The maximum atomic E-state index is 13.6. The van der Waals surface area contributed by atoms with E-state index in [9.17, 15) is 18.0 Å². The van der Waals surface area contributed by atoms with Crippen molar-refractivity contribution in [2.24, 2.45) is 5.92 Å². The quantitative estimate of drug-likeness (QED) is 0.440. The highest BCUT2D eigenvalue weighted by molar-refractivity contribution is 7.89. The highest BCUT2D eigenvalue weighted by Crippen LogP contribution is 2.37. The van der Waals surface area contributed by atoms with Gasteiger partial charge in [0, 0.05) is 53.5 Å². The number of rotatable bonds is 7. The molecule has 222 valence electrons. The fourth-order valence-corrected chi connectivity index (χ4v) is 8.83. The molecule has 0 saturated carbocycles. The average molecular weight is 582 g/mol. The van der Waals surface area contributed by atoms with Crippen LogP contribution in [0.1, 0.15) is 71.5 Å². The molecule has 2 aliphatic heterocycles. The van der Waals surface area contributed by atoms with Crippen molar-refractivity contribution >= 4 is 26.8 Å². The number of pyridine rings is 1. The van der Waals surface area contributed by atoms with Crippen LogP contribution < -0.4 is 10.9 Å². The van der Waals surface area contributed by atoms with Crippen molar-refractivity contribution in [2.75, 3.05) is 33.2 Å². The van der Waals surface area contributed by atoms with Gasteiger partial charge in [0.1, 0.15) is 0 Å². The van der Waals surface area contributed by atoms with Crippen molar-refractivity contribution in [1.29, 1.82) is 0 Å². The van der Waals surface area contributed by atoms with Gasteiger partial charge in [-0.15, -0.1) is 0 Å². The highest BCUT2D eigenvalue weighted by Gasteiger charge is 2.37. The number of aryl methyl sites for hydroxylation is 2. The average Bonchev–Trinajstić information content (AvgIpc) is 3.24. The standard InChI is InChI=1S/C31H43N5O4S/c1-20-18-21(2)33-30(37)27(20)19-32-31(38)29-23(4)36(28-9-7-6-8-26(28)29)22(3)24-10-16-35(17-11-24)41(39,40)25-12-14-34(5)15-13-25/h6-9,18,22,24-25H,10-17,19H2,1-5H3,(H,32,38)(H,33,37)/t22-/m1/s1. The minimum absolute atomic E-state index is 0.0943. The van der Waals surface area contributed by atoms with Gasteiger partial charge in [0.2, 0.25) is 10.0 Å². The summed E-state index contributed by atoms with van der Waals surface area (Å²) >= 11 is 0. The molecule has 0 radical (unpaired) electrons. The predicted octanol–water partition coefficient (Wildman–Crippen LogP) is 3.88. The Bertz CT molecular complexity index is 1590. The van der Waals surface area contributed by atoms with Crippen LogP contribution in [-0.4, -0.2) is 71.6 Å². The van der Waals surface area contributed by atoms with Crippen molar-refractivity contribution in [3.63, 3.8) is 0 Å². The number of benzene rings is 1. The molecule has 2 fully saturated rings. The molecule has 1 amide bonds. The zero-order chi connectivity index (χ0) is 29.5. The van der Waals surface area contributed by atoms with Crippen LogP contribution in [0.15, 0.2) is 35.1 Å². The lowest BCUT2D eigenvalue weighted by atomic mass is 9.91. The summed E-state index contributed by atoms with van der Waals surface area (Å²) < 4.78 is 30.7. The summed E-state index contributed by atoms with van der Waals surface area (Å²) in [6.07, 6.45) is 2.98. The molecule has 0 aliphatic carbocycles. The van der Waals surface area contributed by atoms with E-state index in [1.807, 2.05) is 58.2 Å². The summed E-state index contributed by atoms with van der Waals surface area (Å²) in [6, 6.07) is 9.95. The van der Waals surface area contributed by atoms with Crippen molar-refractivity contribution < 1.29 is 13.2 Å². The molecule has 1 atom stereocenters. The number of fused-ring (bicyclic) bond motifs is 1. The summed E-state index contributed by atoms with van der Waals surface area (Å²) in [5.41, 5.74) is 4.51. The Morgan fingerprint density at radius 3 is 2.37 bits per heavy atom. The van der Waals surface area contributed by atoms with E-state index < -0.39 is 10.0 Å². The number of sulfonamides is 1. The first-order valence-electron chi connectivity index (χ1n) is 14.7. The Morgan fingerprint density at radius 1 is 1.05 bits per heavy atom. The van der Waals surface area contributed by atoms with Crippen molar-refractivity contribution in [3.8, 4) is 0 Å². The number of nitrogens with zero attached hydrogens (tertiary/aromatic N) is 3. The first kappa shape index (κ1) is 29.5. The number of hydrogen-bond donors (Lipinski definition) is 2. The van der Waals surface area contributed by atoms with Crippen molar-refractivity contribution in [3.05, 3.63) is 68.8 Å². The Morgan fingerprint density at radius 2 is 1.71 bits per heavy atom. The lowest BCUT2D eigenvalue weighted by Gasteiger charge is -2.38. The molecule has 2 saturated heterocycles. The highest BCUT2D eigenvalue weighted by atomic mass is 32.2. The third-order valence-corrected chi connectivity index (χ3v) is 11.7. The van der Waals surface area contributed by atoms with Gasteiger partial charge in [-0.1, -0.05) is 18.2 Å². The number of aromatic amines is 1. The Balaban J connectivity index is 1.33. The summed E-state index contributed by atoms with van der Waals surface area (Å²) in [5, 5.41) is 3.60. The molecule has 2 N–H and O–H groups in total. The molecule has 10 heteroatoms. The van der Waals surface area contributed by atoms with Crippen LogP contribution >= 0.6 is 0 Å². The van der Waals surface area contributed by atoms with Crippen LogP contribution in [0, 0.1) is 26.7 Å². The van der Waals surface area contributed by atoms with E-state index in [0.717, 1.165) is 53.8 Å². The number of amides is 1. The number of carbonyl (C=O) groups is 1. The molecular weight excluding hydrogens is 538 g/mol. The number of nitrogens with one attached hydrogen (secondary N) is 2. The molecular formula is C31H43N5O4S. The Hall–Kier alpha value is -2.95. The van der Waals surface area contributed by atoms with Gasteiger partial charge in [0.25, 0.3) is 11.5 Å². The smallest absolute Gasteiger partial charge is 0.254 e. The molecule has 1 aromatic carbocycles. The monoisotopic (exact) mass is 581 g/mol. The SMILES string of the molecule is Cc1cc(C)c(CNC(=O)c2c(C)n([C@H](C)C3CCN(S(=O)(=O)C4CCN(C)CC4)CC3)c3ccccc23)c(=O)[nH]1. The van der Waals surface area contributed by atoms with Crippen LogP contribution in [0.3, 0.4) is 0 Å². The number of hydrogen-bond acceptors (Lipinski definition) is 5. The third-order valence-electron chi connectivity index (χ3n) is 9.34. The molecule has 2 aliphatic rings. The van der Waals surface area contributed by atoms with E-state index in [1.54, 1.807) is 4.31 Å². The van der Waals surface area contributed by atoms with Gasteiger partial charge in [-0.25, -0.2) is 12.7 Å². The van der Waals surface area contributed by atoms with E-state index in [-0.39, 0.29) is 35.2 Å². The summed E-state index contributed by atoms with van der Waals surface area (Å²) in [7, 11) is -1.24. The van der Waals surface area contributed by atoms with Gasteiger partial charge in [-0.3, -0.25) is 9.59 Å². The van der Waals surface area contributed by atoms with Crippen molar-refractivity contribution in [1.82, 2.24) is 24.1 Å². The maximum Gasteiger partial charge on any atom is 0.254 e. The number of piperidine rings is 2. The molecule has 9 nitrogen and oxygen atoms in total. The Kier molecular flexibility index (Phi) is 8.46. The minimum atomic E-state index is -3.29. The zero-order valence-corrected chi connectivity index (χ0v) is 25.7. The van der Waals surface area contributed by atoms with Gasteiger partial charge < -0.3 is 19.8 Å². The lowest BCUT2D eigenvalue weighted by molar-refractivity contribution is 0.0951. The van der Waals surface area contributed by atoms with Gasteiger partial charge in [-0.05, 0) is 97.1 Å². The number of carbonyl (C=O) groups excluding carboxylic acids is 1. The maximum absolute atomic E-state index is 13.6. The summed E-state index contributed by atoms with van der Waals surface area (Å²) in [5.74, 6) is 0.0844. The van der Waals surface area contributed by atoms with Crippen molar-refractivity contribution in [2.45, 2.75) is 71.2 Å². The molecule has 4 heterocycles. The van der Waals surface area contributed by atoms with E-state index in [4.69, 9.17) is 0 Å². The molecule has 0 unspecified atom stereocenters. The van der Waals surface area contributed by atoms with Gasteiger partial charge >= 0.3 is 0 Å². The molecule has 3 aromatic rings. The molecule has 0 bridgehead atoms. The van der Waals surface area contributed by atoms with E-state index in [1.165, 1.54) is 0 Å². The first-order valence-corrected chi connectivity index (χ1v) is 16.2. The fraction of sp³-hybridized carbons (Fsp3) is 0.548. The molecule has 5 rings (SSSR count). The molecule has 2 aromatic heterocycles. The van der Waals surface area contributed by atoms with Crippen LogP contribution in [0.4, 0.5) is 0 Å². The molecule has 41 heavy (non-hydrogen) atoms. The van der Waals surface area contributed by atoms with Gasteiger partial charge in [0.05, 0.1) is 10.8 Å². The number of para-hydroxylation sites is 1. The second kappa shape index (κ2) is 11.7. The van der Waals surface area contributed by atoms with Gasteiger partial charge in [0.15, 0.2) is 0 Å². The van der Waals surface area contributed by atoms with Crippen LogP contribution in [0.5, 0.6) is 0 Å². The summed E-state index contributed by atoms with van der Waals surface area (Å²) in [6.45, 7) is 10.8. The van der Waals surface area contributed by atoms with E-state index in [2.05, 4.69) is 26.7 Å². The van der Waals surface area contributed by atoms with Crippen LogP contribution in [-0.2, 0) is 16.6 Å². The predicted molar refractivity (Wildman–Crippen MR) is 163 cm³/mol. The third kappa shape index (κ3) is 5.74. The fourth-order valence-electron chi connectivity index (χ4n) is 6.88.